The van der Waals surface area contributed by atoms with E-state index >= 15 is 0 Å². The number of piperazine rings is 1. The van der Waals surface area contributed by atoms with Crippen molar-refractivity contribution < 1.29 is 9.18 Å². The Labute approximate surface area is 142 Å². The molecule has 0 radical (unpaired) electrons. The summed E-state index contributed by atoms with van der Waals surface area (Å²) in [6.07, 6.45) is 0.265. The molecule has 3 nitrogen and oxygen atoms in total. The van der Waals surface area contributed by atoms with E-state index < -0.39 is 0 Å². The predicted octanol–water partition coefficient (Wildman–Crippen LogP) is 3.10. The van der Waals surface area contributed by atoms with E-state index in [1.165, 1.54) is 17.7 Å². The minimum atomic E-state index is -0.291. The average Bonchev–Trinajstić information content (AvgIpc) is 2.56. The Morgan fingerprint density at radius 2 is 1.83 bits per heavy atom. The van der Waals surface area contributed by atoms with E-state index in [9.17, 15) is 9.18 Å². The van der Waals surface area contributed by atoms with Crippen LogP contribution in [0.1, 0.15) is 18.1 Å². The second-order valence-electron chi connectivity index (χ2n) is 6.46. The Bertz CT molecular complexity index is 689. The van der Waals surface area contributed by atoms with Crippen LogP contribution in [0.15, 0.2) is 54.6 Å². The molecular weight excluding hydrogens is 303 g/mol. The molecule has 1 amide bonds. The van der Waals surface area contributed by atoms with Crippen molar-refractivity contribution >= 4 is 5.91 Å². The first kappa shape index (κ1) is 16.7. The van der Waals surface area contributed by atoms with Gasteiger partial charge >= 0.3 is 0 Å². The monoisotopic (exact) mass is 326 g/mol. The van der Waals surface area contributed by atoms with Crippen molar-refractivity contribution in [2.45, 2.75) is 25.9 Å². The van der Waals surface area contributed by atoms with Gasteiger partial charge in [0.1, 0.15) is 5.82 Å². The zero-order valence-electron chi connectivity index (χ0n) is 14.0. The molecule has 2 aromatic carbocycles. The molecule has 0 saturated carbocycles. The van der Waals surface area contributed by atoms with Gasteiger partial charge in [0.2, 0.25) is 5.91 Å². The van der Waals surface area contributed by atoms with Crippen molar-refractivity contribution in [1.82, 2.24) is 9.80 Å². The molecule has 1 unspecified atom stereocenters. The number of halogens is 1. The van der Waals surface area contributed by atoms with Gasteiger partial charge in [-0.2, -0.15) is 0 Å². The minimum Gasteiger partial charge on any atom is -0.337 e. The van der Waals surface area contributed by atoms with Gasteiger partial charge in [-0.25, -0.2) is 4.39 Å². The van der Waals surface area contributed by atoms with Crippen molar-refractivity contribution in [2.75, 3.05) is 19.6 Å². The molecular formula is C20H23FN2O. The number of benzene rings is 2. The molecule has 1 aliphatic heterocycles. The fourth-order valence-corrected chi connectivity index (χ4v) is 3.31. The number of hydrogen-bond donors (Lipinski definition) is 0. The quantitative estimate of drug-likeness (QED) is 0.862. The molecule has 0 aromatic heterocycles. The maximum Gasteiger partial charge on any atom is 0.227 e. The number of carbonyl (C=O) groups is 1. The molecule has 0 bridgehead atoms. The van der Waals surface area contributed by atoms with Crippen LogP contribution >= 0.6 is 0 Å². The Morgan fingerprint density at radius 3 is 2.54 bits per heavy atom. The highest BCUT2D eigenvalue weighted by molar-refractivity contribution is 5.79. The molecule has 126 valence electrons. The summed E-state index contributed by atoms with van der Waals surface area (Å²) in [4.78, 5) is 16.8. The summed E-state index contributed by atoms with van der Waals surface area (Å²) in [6, 6.07) is 16.9. The normalized spacial score (nSPS) is 18.6. The lowest BCUT2D eigenvalue weighted by Crippen LogP contribution is -2.54. The number of hydrogen-bond acceptors (Lipinski definition) is 2. The Kier molecular flexibility index (Phi) is 5.26. The molecule has 4 heteroatoms. The number of carbonyl (C=O) groups excluding carboxylic acids is 1. The molecule has 1 fully saturated rings. The highest BCUT2D eigenvalue weighted by Crippen LogP contribution is 2.15. The van der Waals surface area contributed by atoms with E-state index in [1.807, 2.05) is 11.0 Å². The molecule has 0 aliphatic carbocycles. The van der Waals surface area contributed by atoms with Gasteiger partial charge in [0.05, 0.1) is 6.42 Å². The van der Waals surface area contributed by atoms with E-state index in [1.54, 1.807) is 12.1 Å². The third kappa shape index (κ3) is 4.20. The molecule has 24 heavy (non-hydrogen) atoms. The van der Waals surface area contributed by atoms with Crippen molar-refractivity contribution in [3.05, 3.63) is 71.5 Å². The highest BCUT2D eigenvalue weighted by atomic mass is 19.1. The summed E-state index contributed by atoms with van der Waals surface area (Å²) < 4.78 is 13.3. The van der Waals surface area contributed by atoms with Gasteiger partial charge in [0.15, 0.2) is 0 Å². The van der Waals surface area contributed by atoms with Gasteiger partial charge in [-0.15, -0.1) is 0 Å². The van der Waals surface area contributed by atoms with Crippen molar-refractivity contribution in [3.8, 4) is 0 Å². The van der Waals surface area contributed by atoms with Crippen LogP contribution in [0.4, 0.5) is 4.39 Å². The molecule has 2 aromatic rings. The third-order valence-electron chi connectivity index (χ3n) is 4.53. The average molecular weight is 326 g/mol. The van der Waals surface area contributed by atoms with E-state index in [0.717, 1.165) is 31.7 Å². The number of rotatable bonds is 4. The van der Waals surface area contributed by atoms with E-state index in [2.05, 4.69) is 36.1 Å². The fourth-order valence-electron chi connectivity index (χ4n) is 3.31. The maximum atomic E-state index is 13.3. The lowest BCUT2D eigenvalue weighted by atomic mass is 10.1. The van der Waals surface area contributed by atoms with E-state index in [-0.39, 0.29) is 24.2 Å². The van der Waals surface area contributed by atoms with Crippen LogP contribution in [-0.2, 0) is 17.8 Å². The molecule has 0 spiro atoms. The smallest absolute Gasteiger partial charge is 0.227 e. The molecule has 1 heterocycles. The zero-order valence-corrected chi connectivity index (χ0v) is 14.0. The first-order chi connectivity index (χ1) is 11.6. The summed E-state index contributed by atoms with van der Waals surface area (Å²) in [6.45, 7) is 5.46. The third-order valence-corrected chi connectivity index (χ3v) is 4.53. The standard InChI is InChI=1S/C20H23FN2O/c1-16-14-22(15-17-6-3-2-4-7-17)10-11-23(16)20(24)13-18-8-5-9-19(21)12-18/h2-9,12,16H,10-11,13-15H2,1H3. The first-order valence-corrected chi connectivity index (χ1v) is 8.42. The fraction of sp³-hybridized carbons (Fsp3) is 0.350. The van der Waals surface area contributed by atoms with Crippen LogP contribution in [0, 0.1) is 5.82 Å². The van der Waals surface area contributed by atoms with Crippen molar-refractivity contribution in [2.24, 2.45) is 0 Å². The predicted molar refractivity (Wildman–Crippen MR) is 93.0 cm³/mol. The van der Waals surface area contributed by atoms with Crippen LogP contribution < -0.4 is 0 Å². The summed E-state index contributed by atoms with van der Waals surface area (Å²) in [5.41, 5.74) is 2.03. The molecule has 1 aliphatic rings. The lowest BCUT2D eigenvalue weighted by molar-refractivity contribution is -0.135. The summed E-state index contributed by atoms with van der Waals surface area (Å²) in [7, 11) is 0. The van der Waals surface area contributed by atoms with E-state index in [4.69, 9.17) is 0 Å². The number of amides is 1. The van der Waals surface area contributed by atoms with Gasteiger partial charge in [-0.1, -0.05) is 42.5 Å². The van der Waals surface area contributed by atoms with Crippen molar-refractivity contribution in [3.63, 3.8) is 0 Å². The van der Waals surface area contributed by atoms with Gasteiger partial charge in [-0.05, 0) is 30.2 Å². The SMILES string of the molecule is CC1CN(Cc2ccccc2)CCN1C(=O)Cc1cccc(F)c1. The Morgan fingerprint density at radius 1 is 1.08 bits per heavy atom. The van der Waals surface area contributed by atoms with Crippen molar-refractivity contribution in [1.29, 1.82) is 0 Å². The van der Waals surface area contributed by atoms with Crippen LogP contribution in [0.3, 0.4) is 0 Å². The summed E-state index contributed by atoms with van der Waals surface area (Å²) in [5, 5.41) is 0. The van der Waals surface area contributed by atoms with Gasteiger partial charge in [-0.3, -0.25) is 9.69 Å². The Balaban J connectivity index is 1.56. The highest BCUT2D eigenvalue weighted by Gasteiger charge is 2.27. The van der Waals surface area contributed by atoms with Gasteiger partial charge < -0.3 is 4.90 Å². The molecule has 1 saturated heterocycles. The second kappa shape index (κ2) is 7.58. The lowest BCUT2D eigenvalue weighted by Gasteiger charge is -2.40. The van der Waals surface area contributed by atoms with Crippen LogP contribution in [-0.4, -0.2) is 41.4 Å². The van der Waals surface area contributed by atoms with Gasteiger partial charge in [0, 0.05) is 32.2 Å². The van der Waals surface area contributed by atoms with Crippen LogP contribution in [0.25, 0.3) is 0 Å². The number of nitrogens with zero attached hydrogens (tertiary/aromatic N) is 2. The minimum absolute atomic E-state index is 0.0764. The topological polar surface area (TPSA) is 23.6 Å². The molecule has 1 atom stereocenters. The Hall–Kier alpha value is -2.20. The largest absolute Gasteiger partial charge is 0.337 e. The van der Waals surface area contributed by atoms with Crippen LogP contribution in [0.2, 0.25) is 0 Å². The molecule has 0 N–H and O–H groups in total. The van der Waals surface area contributed by atoms with E-state index in [0.29, 0.717) is 0 Å². The summed E-state index contributed by atoms with van der Waals surface area (Å²) in [5.74, 6) is -0.214. The summed E-state index contributed by atoms with van der Waals surface area (Å²) >= 11 is 0. The first-order valence-electron chi connectivity index (χ1n) is 8.42. The molecule has 3 rings (SSSR count). The second-order valence-corrected chi connectivity index (χ2v) is 6.46. The maximum absolute atomic E-state index is 13.3. The van der Waals surface area contributed by atoms with Gasteiger partial charge in [0.25, 0.3) is 0 Å². The zero-order chi connectivity index (χ0) is 16.9. The van der Waals surface area contributed by atoms with Crippen LogP contribution in [0.5, 0.6) is 0 Å².